The van der Waals surface area contributed by atoms with Crippen molar-refractivity contribution in [1.82, 2.24) is 25.1 Å². The highest BCUT2D eigenvalue weighted by atomic mass is 32.1. The second-order valence-electron chi connectivity index (χ2n) is 6.61. The lowest BCUT2D eigenvalue weighted by Gasteiger charge is -2.26. The molecule has 0 atom stereocenters. The summed E-state index contributed by atoms with van der Waals surface area (Å²) in [6.07, 6.45) is 1.45. The van der Waals surface area contributed by atoms with E-state index in [9.17, 15) is 0 Å². The van der Waals surface area contributed by atoms with Gasteiger partial charge in [0.2, 0.25) is 0 Å². The molecule has 25 heavy (non-hydrogen) atoms. The molecule has 0 unspecified atom stereocenters. The summed E-state index contributed by atoms with van der Waals surface area (Å²) < 4.78 is 1.85. The maximum atomic E-state index is 6.14. The number of nitrogens with one attached hydrogen (secondary N) is 1. The molecule has 2 aromatic heterocycles. The van der Waals surface area contributed by atoms with Gasteiger partial charge in [-0.2, -0.15) is 5.10 Å². The number of fused-ring (bicyclic) bond motifs is 1. The molecule has 0 fully saturated rings. The molecule has 7 nitrogen and oxygen atoms in total. The Kier molecular flexibility index (Phi) is 4.30. The van der Waals surface area contributed by atoms with Crippen molar-refractivity contribution in [3.05, 3.63) is 36.2 Å². The second-order valence-corrected chi connectivity index (χ2v) is 7.05. The van der Waals surface area contributed by atoms with Crippen LogP contribution in [0.3, 0.4) is 0 Å². The molecule has 0 aliphatic rings. The fraction of sp³-hybridized carbons (Fsp3) is 0.294. The molecule has 0 amide bonds. The third-order valence-corrected chi connectivity index (χ3v) is 4.23. The van der Waals surface area contributed by atoms with Gasteiger partial charge in [-0.15, -0.1) is 0 Å². The number of nitrogens with two attached hydrogens (primary N) is 2. The summed E-state index contributed by atoms with van der Waals surface area (Å²) in [5.41, 5.74) is 14.9. The summed E-state index contributed by atoms with van der Waals surface area (Å²) in [5, 5.41) is 8.80. The predicted octanol–water partition coefficient (Wildman–Crippen LogP) is 1.95. The summed E-state index contributed by atoms with van der Waals surface area (Å²) in [5.74, 6) is 0.407. The van der Waals surface area contributed by atoms with Crippen LogP contribution in [0.15, 0.2) is 30.6 Å². The lowest BCUT2D eigenvalue weighted by Crippen LogP contribution is -2.43. The van der Waals surface area contributed by atoms with Crippen LogP contribution in [0.1, 0.15) is 19.4 Å². The van der Waals surface area contributed by atoms with Crippen molar-refractivity contribution in [2.24, 2.45) is 5.73 Å². The van der Waals surface area contributed by atoms with Crippen LogP contribution >= 0.6 is 12.2 Å². The van der Waals surface area contributed by atoms with Gasteiger partial charge in [-0.1, -0.05) is 29.8 Å². The van der Waals surface area contributed by atoms with E-state index >= 15 is 0 Å². The Morgan fingerprint density at radius 3 is 2.56 bits per heavy atom. The molecule has 0 radical (unpaired) electrons. The van der Waals surface area contributed by atoms with Crippen LogP contribution in [0.4, 0.5) is 5.82 Å². The Labute approximate surface area is 151 Å². The number of rotatable bonds is 4. The van der Waals surface area contributed by atoms with Crippen LogP contribution in [-0.4, -0.2) is 31.4 Å². The van der Waals surface area contributed by atoms with Crippen molar-refractivity contribution < 1.29 is 0 Å². The SMILES string of the molecule is Cc1ccc(-c2nn(C(C)(C)CNC(N)=S)c3ncnc(N)c23)cc1. The van der Waals surface area contributed by atoms with E-state index in [-0.39, 0.29) is 5.11 Å². The fourth-order valence-corrected chi connectivity index (χ4v) is 2.76. The number of nitrogen functional groups attached to an aromatic ring is 1. The molecule has 1 aromatic carbocycles. The topological polar surface area (TPSA) is 108 Å². The number of aromatic nitrogens is 4. The Morgan fingerprint density at radius 2 is 1.92 bits per heavy atom. The molecule has 5 N–H and O–H groups in total. The van der Waals surface area contributed by atoms with Gasteiger partial charge in [0.25, 0.3) is 0 Å². The molecule has 0 saturated heterocycles. The fourth-order valence-electron chi connectivity index (χ4n) is 2.69. The van der Waals surface area contributed by atoms with Gasteiger partial charge in [0.1, 0.15) is 17.8 Å². The van der Waals surface area contributed by atoms with E-state index in [1.165, 1.54) is 11.9 Å². The third kappa shape index (κ3) is 3.25. The van der Waals surface area contributed by atoms with Gasteiger partial charge >= 0.3 is 0 Å². The van der Waals surface area contributed by atoms with Crippen molar-refractivity contribution in [3.8, 4) is 11.3 Å². The quantitative estimate of drug-likeness (QED) is 0.614. The molecule has 8 heteroatoms. The normalized spacial score (nSPS) is 11.6. The molecule has 0 aliphatic carbocycles. The molecule has 0 aliphatic heterocycles. The molecule has 0 bridgehead atoms. The zero-order chi connectivity index (χ0) is 18.2. The number of nitrogens with zero attached hydrogens (tertiary/aromatic N) is 4. The monoisotopic (exact) mass is 355 g/mol. The van der Waals surface area contributed by atoms with E-state index in [0.29, 0.717) is 18.0 Å². The number of hydrogen-bond acceptors (Lipinski definition) is 5. The highest BCUT2D eigenvalue weighted by molar-refractivity contribution is 7.80. The summed E-state index contributed by atoms with van der Waals surface area (Å²) in [7, 11) is 0. The van der Waals surface area contributed by atoms with E-state index in [2.05, 4.69) is 15.3 Å². The van der Waals surface area contributed by atoms with Crippen molar-refractivity contribution in [2.45, 2.75) is 26.3 Å². The summed E-state index contributed by atoms with van der Waals surface area (Å²) >= 11 is 4.92. The Balaban J connectivity index is 2.19. The summed E-state index contributed by atoms with van der Waals surface area (Å²) in [6.45, 7) is 6.61. The molecule has 130 valence electrons. The van der Waals surface area contributed by atoms with Gasteiger partial charge in [0.15, 0.2) is 10.8 Å². The number of benzene rings is 1. The van der Waals surface area contributed by atoms with E-state index in [1.807, 2.05) is 49.7 Å². The lowest BCUT2D eigenvalue weighted by molar-refractivity contribution is 0.328. The van der Waals surface area contributed by atoms with Gasteiger partial charge in [-0.3, -0.25) is 0 Å². The van der Waals surface area contributed by atoms with Gasteiger partial charge in [-0.25, -0.2) is 14.6 Å². The highest BCUT2D eigenvalue weighted by Crippen LogP contribution is 2.32. The Hall–Kier alpha value is -2.74. The maximum Gasteiger partial charge on any atom is 0.164 e. The van der Waals surface area contributed by atoms with Crippen LogP contribution in [0.25, 0.3) is 22.3 Å². The van der Waals surface area contributed by atoms with Gasteiger partial charge < -0.3 is 16.8 Å². The molecule has 0 spiro atoms. The third-order valence-electron chi connectivity index (χ3n) is 4.09. The smallest absolute Gasteiger partial charge is 0.164 e. The van der Waals surface area contributed by atoms with Crippen molar-refractivity contribution in [3.63, 3.8) is 0 Å². The first-order valence-corrected chi connectivity index (χ1v) is 8.30. The van der Waals surface area contributed by atoms with Gasteiger partial charge in [0, 0.05) is 12.1 Å². The minimum Gasteiger partial charge on any atom is -0.383 e. The Bertz CT molecular complexity index is 928. The molecule has 2 heterocycles. The zero-order valence-electron chi connectivity index (χ0n) is 14.4. The van der Waals surface area contributed by atoms with Crippen LogP contribution in [-0.2, 0) is 5.54 Å². The van der Waals surface area contributed by atoms with Crippen molar-refractivity contribution in [1.29, 1.82) is 0 Å². The molecular weight excluding hydrogens is 334 g/mol. The number of hydrogen-bond donors (Lipinski definition) is 3. The van der Waals surface area contributed by atoms with Gasteiger partial charge in [0.05, 0.1) is 10.9 Å². The second kappa shape index (κ2) is 6.29. The average molecular weight is 355 g/mol. The van der Waals surface area contributed by atoms with Crippen molar-refractivity contribution in [2.75, 3.05) is 12.3 Å². The lowest BCUT2D eigenvalue weighted by atomic mass is 10.1. The molecule has 3 rings (SSSR count). The predicted molar refractivity (Wildman–Crippen MR) is 104 cm³/mol. The summed E-state index contributed by atoms with van der Waals surface area (Å²) in [6, 6.07) is 8.13. The Morgan fingerprint density at radius 1 is 1.24 bits per heavy atom. The van der Waals surface area contributed by atoms with E-state index in [0.717, 1.165) is 16.6 Å². The first-order valence-electron chi connectivity index (χ1n) is 7.89. The minimum absolute atomic E-state index is 0.248. The summed E-state index contributed by atoms with van der Waals surface area (Å²) in [4.78, 5) is 8.55. The van der Waals surface area contributed by atoms with Crippen LogP contribution < -0.4 is 16.8 Å². The maximum absolute atomic E-state index is 6.14. The minimum atomic E-state index is -0.425. The zero-order valence-corrected chi connectivity index (χ0v) is 15.3. The average Bonchev–Trinajstić information content (AvgIpc) is 2.96. The number of thiocarbonyl (C=S) groups is 1. The number of anilines is 1. The molecular formula is C17H21N7S. The van der Waals surface area contributed by atoms with E-state index in [4.69, 9.17) is 28.8 Å². The highest BCUT2D eigenvalue weighted by Gasteiger charge is 2.27. The van der Waals surface area contributed by atoms with E-state index < -0.39 is 5.54 Å². The first kappa shape index (κ1) is 17.1. The van der Waals surface area contributed by atoms with Crippen LogP contribution in [0.5, 0.6) is 0 Å². The van der Waals surface area contributed by atoms with Gasteiger partial charge in [-0.05, 0) is 33.0 Å². The standard InChI is InChI=1S/C17H21N7S/c1-10-4-6-11(7-5-10)13-12-14(18)21-9-22-15(12)24(23-13)17(2,3)8-20-16(19)25/h4-7,9H,8H2,1-3H3,(H2,18,21,22)(H3,19,20,25). The van der Waals surface area contributed by atoms with E-state index in [1.54, 1.807) is 0 Å². The molecule has 3 aromatic rings. The largest absolute Gasteiger partial charge is 0.383 e. The van der Waals surface area contributed by atoms with Crippen LogP contribution in [0.2, 0.25) is 0 Å². The number of aryl methyl sites for hydroxylation is 1. The van der Waals surface area contributed by atoms with Crippen molar-refractivity contribution >= 4 is 34.2 Å². The first-order chi connectivity index (χ1) is 11.8. The molecule has 0 saturated carbocycles. The van der Waals surface area contributed by atoms with Crippen LogP contribution in [0, 0.1) is 6.92 Å².